The third kappa shape index (κ3) is 9.42. The molecule has 3 aromatic rings. The van der Waals surface area contributed by atoms with Crippen molar-refractivity contribution >= 4 is 40.4 Å². The van der Waals surface area contributed by atoms with E-state index in [1.54, 1.807) is 12.3 Å². The molecule has 1 aromatic carbocycles. The van der Waals surface area contributed by atoms with Gasteiger partial charge in [0.25, 0.3) is 0 Å². The number of piperidine rings is 1. The second-order valence-electron chi connectivity index (χ2n) is 11.6. The summed E-state index contributed by atoms with van der Waals surface area (Å²) in [4.78, 5) is 25.4. The van der Waals surface area contributed by atoms with Crippen molar-refractivity contribution in [2.24, 2.45) is 5.73 Å². The largest absolute Gasteiger partial charge is 0.486 e. The Morgan fingerprint density at radius 3 is 2.45 bits per heavy atom. The lowest BCUT2D eigenvalue weighted by atomic mass is 9.96. The van der Waals surface area contributed by atoms with Crippen molar-refractivity contribution in [3.05, 3.63) is 40.9 Å². The number of carbonyl (C=O) groups is 1. The highest BCUT2D eigenvalue weighted by Gasteiger charge is 2.21. The van der Waals surface area contributed by atoms with Gasteiger partial charge in [0.15, 0.2) is 11.2 Å². The summed E-state index contributed by atoms with van der Waals surface area (Å²) in [6, 6.07) is 7.65. The number of likely N-dealkylation sites (tertiary alicyclic amines) is 1. The third-order valence-electron chi connectivity index (χ3n) is 7.11. The minimum absolute atomic E-state index is 0. The first-order valence-corrected chi connectivity index (χ1v) is 14.2. The normalized spacial score (nSPS) is 17.1. The number of benzene rings is 1. The third-order valence-corrected chi connectivity index (χ3v) is 7.11. The lowest BCUT2D eigenvalue weighted by Gasteiger charge is -2.29. The van der Waals surface area contributed by atoms with E-state index in [1.165, 1.54) is 25.3 Å². The predicted molar refractivity (Wildman–Crippen MR) is 160 cm³/mol. The lowest BCUT2D eigenvalue weighted by Crippen LogP contribution is -2.40. The SMILES string of the molecule is CC(C)(C)OC(=O)NC1CCCCC1.Cl.NC1CCN(CCCOc2c3occc3cc3ccc(=O)oc23)CC1. The average Bonchev–Trinajstić information content (AvgIpc) is 3.35. The molecule has 1 amide bonds. The van der Waals surface area contributed by atoms with Crippen LogP contribution in [0, 0.1) is 0 Å². The standard InChI is InChI=1S/C19H22N2O4.C11H21NO2.ClH/c20-15-4-8-21(9-5-15)7-1-10-23-19-17-14(6-11-24-17)12-13-2-3-16(22)25-18(13)19;1-11(2,3)14-10(13)12-9-7-5-4-6-8-9;/h2-3,6,11-12,15H,1,4-5,7-10,20H2;9H,4-8H2,1-3H3,(H,12,13);1H. The van der Waals surface area contributed by atoms with Gasteiger partial charge >= 0.3 is 11.7 Å². The number of rotatable bonds is 6. The highest BCUT2D eigenvalue weighted by molar-refractivity contribution is 5.99. The van der Waals surface area contributed by atoms with E-state index >= 15 is 0 Å². The lowest BCUT2D eigenvalue weighted by molar-refractivity contribution is 0.0493. The Morgan fingerprint density at radius 1 is 1.05 bits per heavy atom. The van der Waals surface area contributed by atoms with E-state index < -0.39 is 11.2 Å². The number of alkyl carbamates (subject to hydrolysis) is 1. The number of fused-ring (bicyclic) bond motifs is 2. The van der Waals surface area contributed by atoms with Crippen molar-refractivity contribution in [1.82, 2.24) is 10.2 Å². The van der Waals surface area contributed by atoms with Gasteiger partial charge in [0.05, 0.1) is 12.9 Å². The molecule has 0 radical (unpaired) electrons. The molecule has 2 fully saturated rings. The fraction of sp³-hybridized carbons (Fsp3) is 0.600. The summed E-state index contributed by atoms with van der Waals surface area (Å²) in [7, 11) is 0. The second-order valence-corrected chi connectivity index (χ2v) is 11.6. The van der Waals surface area contributed by atoms with Crippen LogP contribution in [0.25, 0.3) is 21.9 Å². The summed E-state index contributed by atoms with van der Waals surface area (Å²) in [6.07, 6.45) is 10.3. The van der Waals surface area contributed by atoms with Crippen LogP contribution in [0.5, 0.6) is 5.75 Å². The molecule has 3 heterocycles. The topological polar surface area (TPSA) is 120 Å². The molecule has 2 aliphatic rings. The molecule has 10 heteroatoms. The molecule has 2 aromatic heterocycles. The summed E-state index contributed by atoms with van der Waals surface area (Å²) < 4.78 is 22.1. The number of ether oxygens (including phenoxy) is 2. The van der Waals surface area contributed by atoms with E-state index in [4.69, 9.17) is 24.0 Å². The zero-order chi connectivity index (χ0) is 27.8. The molecule has 1 saturated heterocycles. The monoisotopic (exact) mass is 577 g/mol. The Balaban J connectivity index is 0.000000253. The molecule has 0 unspecified atom stereocenters. The van der Waals surface area contributed by atoms with Crippen LogP contribution in [0.4, 0.5) is 4.79 Å². The van der Waals surface area contributed by atoms with Crippen LogP contribution < -0.4 is 21.4 Å². The molecule has 1 aliphatic carbocycles. The zero-order valence-corrected chi connectivity index (χ0v) is 24.7. The van der Waals surface area contributed by atoms with E-state index in [2.05, 4.69) is 10.2 Å². The smallest absolute Gasteiger partial charge is 0.407 e. The van der Waals surface area contributed by atoms with Crippen LogP contribution in [0.2, 0.25) is 0 Å². The number of halogens is 1. The fourth-order valence-electron chi connectivity index (χ4n) is 5.10. The van der Waals surface area contributed by atoms with Gasteiger partial charge in [-0.2, -0.15) is 0 Å². The maximum absolute atomic E-state index is 11.6. The van der Waals surface area contributed by atoms with Gasteiger partial charge in [-0.3, -0.25) is 0 Å². The molecule has 1 saturated carbocycles. The molecule has 1 aliphatic heterocycles. The average molecular weight is 578 g/mol. The zero-order valence-electron chi connectivity index (χ0n) is 23.9. The first-order chi connectivity index (χ1) is 18.7. The number of amides is 1. The van der Waals surface area contributed by atoms with E-state index in [0.29, 0.717) is 35.6 Å². The first-order valence-electron chi connectivity index (χ1n) is 14.2. The Bertz CT molecular complexity index is 1270. The molecule has 222 valence electrons. The van der Waals surface area contributed by atoms with Gasteiger partial charge in [0, 0.05) is 35.5 Å². The molecular weight excluding hydrogens is 534 g/mol. The summed E-state index contributed by atoms with van der Waals surface area (Å²) in [5.41, 5.74) is 6.21. The van der Waals surface area contributed by atoms with Gasteiger partial charge in [0.2, 0.25) is 5.75 Å². The number of nitrogens with zero attached hydrogens (tertiary/aromatic N) is 1. The van der Waals surface area contributed by atoms with Crippen molar-refractivity contribution < 1.29 is 23.1 Å². The van der Waals surface area contributed by atoms with Crippen molar-refractivity contribution in [2.75, 3.05) is 26.2 Å². The molecule has 40 heavy (non-hydrogen) atoms. The summed E-state index contributed by atoms with van der Waals surface area (Å²) in [5.74, 6) is 0.510. The maximum Gasteiger partial charge on any atom is 0.407 e. The van der Waals surface area contributed by atoms with Gasteiger partial charge in [-0.25, -0.2) is 9.59 Å². The van der Waals surface area contributed by atoms with Gasteiger partial charge < -0.3 is 34.3 Å². The van der Waals surface area contributed by atoms with Gasteiger partial charge in [0.1, 0.15) is 5.60 Å². The number of hydrogen-bond donors (Lipinski definition) is 2. The summed E-state index contributed by atoms with van der Waals surface area (Å²) in [6.45, 7) is 9.26. The number of furan rings is 1. The molecule has 9 nitrogen and oxygen atoms in total. The second kappa shape index (κ2) is 14.8. The van der Waals surface area contributed by atoms with E-state index in [-0.39, 0.29) is 18.5 Å². The Kier molecular flexibility index (Phi) is 11.7. The summed E-state index contributed by atoms with van der Waals surface area (Å²) >= 11 is 0. The Hall–Kier alpha value is -2.75. The van der Waals surface area contributed by atoms with Crippen LogP contribution in [0.3, 0.4) is 0 Å². The Labute approximate surface area is 242 Å². The quantitative estimate of drug-likeness (QED) is 0.270. The van der Waals surface area contributed by atoms with Gasteiger partial charge in [-0.05, 0) is 84.2 Å². The van der Waals surface area contributed by atoms with Gasteiger partial charge in [-0.15, -0.1) is 12.4 Å². The summed E-state index contributed by atoms with van der Waals surface area (Å²) in [5, 5.41) is 4.67. The van der Waals surface area contributed by atoms with E-state index in [1.807, 2.05) is 32.9 Å². The molecule has 5 rings (SSSR count). The predicted octanol–water partition coefficient (Wildman–Crippen LogP) is 6.00. The maximum atomic E-state index is 11.6. The fourth-order valence-corrected chi connectivity index (χ4v) is 5.10. The highest BCUT2D eigenvalue weighted by atomic mass is 35.5. The van der Waals surface area contributed by atoms with Crippen molar-refractivity contribution in [3.63, 3.8) is 0 Å². The van der Waals surface area contributed by atoms with Crippen molar-refractivity contribution in [3.8, 4) is 5.75 Å². The molecule has 0 atom stereocenters. The van der Waals surface area contributed by atoms with Crippen LogP contribution in [0.15, 0.2) is 44.2 Å². The van der Waals surface area contributed by atoms with Gasteiger partial charge in [-0.1, -0.05) is 19.3 Å². The van der Waals surface area contributed by atoms with Crippen LogP contribution in [0.1, 0.15) is 72.1 Å². The van der Waals surface area contributed by atoms with E-state index in [0.717, 1.165) is 62.5 Å². The molecular formula is C30H44ClN3O6. The minimum Gasteiger partial charge on any atom is -0.486 e. The number of nitrogens with two attached hydrogens (primary N) is 1. The molecule has 0 spiro atoms. The number of hydrogen-bond acceptors (Lipinski definition) is 8. The van der Waals surface area contributed by atoms with Crippen molar-refractivity contribution in [2.45, 2.75) is 89.8 Å². The Morgan fingerprint density at radius 2 is 1.75 bits per heavy atom. The van der Waals surface area contributed by atoms with E-state index in [9.17, 15) is 9.59 Å². The molecule has 0 bridgehead atoms. The van der Waals surface area contributed by atoms with Crippen LogP contribution in [-0.4, -0.2) is 54.9 Å². The number of nitrogens with one attached hydrogen (secondary N) is 1. The van der Waals surface area contributed by atoms with Crippen LogP contribution in [-0.2, 0) is 4.74 Å². The first kappa shape index (κ1) is 31.8. The highest BCUT2D eigenvalue weighted by Crippen LogP contribution is 2.35. The van der Waals surface area contributed by atoms with Crippen LogP contribution >= 0.6 is 12.4 Å². The minimum atomic E-state index is -0.395. The van der Waals surface area contributed by atoms with Crippen molar-refractivity contribution in [1.29, 1.82) is 0 Å². The molecule has 3 N–H and O–H groups in total. The number of carbonyl (C=O) groups excluding carboxylic acids is 1.